The normalized spacial score (nSPS) is 12.6. The molecule has 20 heavy (non-hydrogen) atoms. The van der Waals surface area contributed by atoms with Gasteiger partial charge in [0.05, 0.1) is 10.7 Å². The number of thiazole rings is 1. The first-order valence-corrected chi connectivity index (χ1v) is 8.91. The predicted octanol–water partition coefficient (Wildman–Crippen LogP) is 4.65. The van der Waals surface area contributed by atoms with Crippen molar-refractivity contribution in [1.29, 1.82) is 0 Å². The summed E-state index contributed by atoms with van der Waals surface area (Å²) in [7, 11) is 0. The third-order valence-electron chi connectivity index (χ3n) is 3.36. The van der Waals surface area contributed by atoms with E-state index in [2.05, 4.69) is 77.9 Å². The molecule has 1 heterocycles. The van der Waals surface area contributed by atoms with Crippen LogP contribution in [0.25, 0.3) is 0 Å². The SMILES string of the molecule is CCCNC(Cc1nc(C)c(C)s1)c1ccc(I)cc1. The highest BCUT2D eigenvalue weighted by atomic mass is 127. The fourth-order valence-corrected chi connectivity index (χ4v) is 3.46. The van der Waals surface area contributed by atoms with Gasteiger partial charge in [0, 0.05) is 20.9 Å². The molecule has 2 aromatic rings. The topological polar surface area (TPSA) is 24.9 Å². The summed E-state index contributed by atoms with van der Waals surface area (Å²) >= 11 is 4.17. The highest BCUT2D eigenvalue weighted by molar-refractivity contribution is 14.1. The third kappa shape index (κ3) is 4.27. The smallest absolute Gasteiger partial charge is 0.0949 e. The maximum Gasteiger partial charge on any atom is 0.0949 e. The van der Waals surface area contributed by atoms with Crippen molar-refractivity contribution in [3.05, 3.63) is 49.0 Å². The second-order valence-electron chi connectivity index (χ2n) is 5.01. The lowest BCUT2D eigenvalue weighted by Gasteiger charge is -2.18. The molecule has 4 heteroatoms. The molecule has 2 nitrogen and oxygen atoms in total. The molecular weight excluding hydrogens is 379 g/mol. The van der Waals surface area contributed by atoms with Crippen LogP contribution in [0.15, 0.2) is 24.3 Å². The van der Waals surface area contributed by atoms with Crippen LogP contribution in [0.3, 0.4) is 0 Å². The minimum atomic E-state index is 0.358. The fraction of sp³-hybridized carbons (Fsp3) is 0.438. The summed E-state index contributed by atoms with van der Waals surface area (Å²) in [6, 6.07) is 9.16. The Morgan fingerprint density at radius 2 is 1.95 bits per heavy atom. The molecule has 0 aliphatic rings. The molecule has 0 spiro atoms. The Hall–Kier alpha value is -0.460. The van der Waals surface area contributed by atoms with Crippen molar-refractivity contribution in [1.82, 2.24) is 10.3 Å². The largest absolute Gasteiger partial charge is 0.310 e. The van der Waals surface area contributed by atoms with Crippen LogP contribution in [0, 0.1) is 17.4 Å². The molecule has 0 saturated carbocycles. The Morgan fingerprint density at radius 3 is 2.50 bits per heavy atom. The number of rotatable bonds is 6. The maximum absolute atomic E-state index is 4.68. The van der Waals surface area contributed by atoms with E-state index in [0.717, 1.165) is 19.4 Å². The van der Waals surface area contributed by atoms with Gasteiger partial charge in [-0.05, 0) is 67.1 Å². The number of nitrogens with one attached hydrogen (secondary N) is 1. The molecule has 1 atom stereocenters. The molecule has 2 rings (SSSR count). The number of nitrogens with zero attached hydrogens (tertiary/aromatic N) is 1. The van der Waals surface area contributed by atoms with Gasteiger partial charge < -0.3 is 5.32 Å². The predicted molar refractivity (Wildman–Crippen MR) is 95.5 cm³/mol. The van der Waals surface area contributed by atoms with Gasteiger partial charge in [0.25, 0.3) is 0 Å². The maximum atomic E-state index is 4.68. The van der Waals surface area contributed by atoms with E-state index in [4.69, 9.17) is 0 Å². The first-order chi connectivity index (χ1) is 9.60. The molecule has 108 valence electrons. The molecule has 0 fully saturated rings. The van der Waals surface area contributed by atoms with E-state index < -0.39 is 0 Å². The zero-order valence-corrected chi connectivity index (χ0v) is 15.2. The summed E-state index contributed by atoms with van der Waals surface area (Å²) in [5.41, 5.74) is 2.52. The minimum Gasteiger partial charge on any atom is -0.310 e. The van der Waals surface area contributed by atoms with Crippen LogP contribution in [0.1, 0.15) is 40.5 Å². The van der Waals surface area contributed by atoms with E-state index in [0.29, 0.717) is 6.04 Å². The molecule has 0 amide bonds. The summed E-state index contributed by atoms with van der Waals surface area (Å²) < 4.78 is 1.28. The quantitative estimate of drug-likeness (QED) is 0.715. The van der Waals surface area contributed by atoms with E-state index >= 15 is 0 Å². The number of hydrogen-bond acceptors (Lipinski definition) is 3. The number of halogens is 1. The van der Waals surface area contributed by atoms with Gasteiger partial charge >= 0.3 is 0 Å². The first kappa shape index (κ1) is 15.9. The molecular formula is C16H21IN2S. The second-order valence-corrected chi connectivity index (χ2v) is 7.54. The fourth-order valence-electron chi connectivity index (χ4n) is 2.12. The molecule has 0 aliphatic carbocycles. The molecule has 1 unspecified atom stereocenters. The van der Waals surface area contributed by atoms with Crippen LogP contribution in [0.2, 0.25) is 0 Å². The molecule has 0 aliphatic heterocycles. The Kier molecular flexibility index (Phi) is 5.99. The van der Waals surface area contributed by atoms with Gasteiger partial charge in [-0.1, -0.05) is 19.1 Å². The average Bonchev–Trinajstić information content (AvgIpc) is 2.74. The molecule has 0 bridgehead atoms. The summed E-state index contributed by atoms with van der Waals surface area (Å²) in [5, 5.41) is 4.88. The summed E-state index contributed by atoms with van der Waals surface area (Å²) in [6.45, 7) is 7.49. The Labute approximate surface area is 139 Å². The summed E-state index contributed by atoms with van der Waals surface area (Å²) in [6.07, 6.45) is 2.12. The van der Waals surface area contributed by atoms with E-state index in [9.17, 15) is 0 Å². The van der Waals surface area contributed by atoms with Crippen LogP contribution in [0.4, 0.5) is 0 Å². The third-order valence-corrected chi connectivity index (χ3v) is 5.18. The van der Waals surface area contributed by atoms with E-state index in [-0.39, 0.29) is 0 Å². The van der Waals surface area contributed by atoms with Gasteiger partial charge in [0.1, 0.15) is 0 Å². The Morgan fingerprint density at radius 1 is 1.25 bits per heavy atom. The van der Waals surface area contributed by atoms with Crippen molar-refractivity contribution < 1.29 is 0 Å². The second kappa shape index (κ2) is 7.52. The van der Waals surface area contributed by atoms with Crippen molar-refractivity contribution in [2.24, 2.45) is 0 Å². The van der Waals surface area contributed by atoms with Gasteiger partial charge in [-0.25, -0.2) is 4.98 Å². The lowest BCUT2D eigenvalue weighted by Crippen LogP contribution is -2.24. The molecule has 1 aromatic carbocycles. The number of aryl methyl sites for hydroxylation is 2. The highest BCUT2D eigenvalue weighted by Crippen LogP contribution is 2.24. The molecule has 0 radical (unpaired) electrons. The van der Waals surface area contributed by atoms with Gasteiger partial charge in [-0.15, -0.1) is 11.3 Å². The van der Waals surface area contributed by atoms with Gasteiger partial charge in [0.2, 0.25) is 0 Å². The van der Waals surface area contributed by atoms with Crippen LogP contribution >= 0.6 is 33.9 Å². The van der Waals surface area contributed by atoms with Crippen molar-refractivity contribution in [3.8, 4) is 0 Å². The standard InChI is InChI=1S/C16H21IN2S/c1-4-9-18-15(13-5-7-14(17)8-6-13)10-16-19-11(2)12(3)20-16/h5-8,15,18H,4,9-10H2,1-3H3. The average molecular weight is 400 g/mol. The Bertz CT molecular complexity index is 529. The van der Waals surface area contributed by atoms with Crippen LogP contribution in [-0.2, 0) is 6.42 Å². The molecule has 1 aromatic heterocycles. The van der Waals surface area contributed by atoms with E-state index in [1.165, 1.54) is 24.7 Å². The zero-order chi connectivity index (χ0) is 14.5. The van der Waals surface area contributed by atoms with Crippen molar-refractivity contribution >= 4 is 33.9 Å². The Balaban J connectivity index is 2.16. The molecule has 0 saturated heterocycles. The van der Waals surface area contributed by atoms with Crippen molar-refractivity contribution in [3.63, 3.8) is 0 Å². The van der Waals surface area contributed by atoms with Crippen molar-refractivity contribution in [2.45, 2.75) is 39.7 Å². The number of hydrogen-bond donors (Lipinski definition) is 1. The van der Waals surface area contributed by atoms with Crippen LogP contribution in [0.5, 0.6) is 0 Å². The zero-order valence-electron chi connectivity index (χ0n) is 12.2. The van der Waals surface area contributed by atoms with Gasteiger partial charge in [-0.3, -0.25) is 0 Å². The van der Waals surface area contributed by atoms with Crippen LogP contribution < -0.4 is 5.32 Å². The lowest BCUT2D eigenvalue weighted by atomic mass is 10.0. The van der Waals surface area contributed by atoms with Gasteiger partial charge in [0.15, 0.2) is 0 Å². The summed E-state index contributed by atoms with van der Waals surface area (Å²) in [4.78, 5) is 6.01. The van der Waals surface area contributed by atoms with E-state index in [1.54, 1.807) is 0 Å². The number of benzene rings is 1. The lowest BCUT2D eigenvalue weighted by molar-refractivity contribution is 0.528. The summed E-state index contributed by atoms with van der Waals surface area (Å²) in [5.74, 6) is 0. The van der Waals surface area contributed by atoms with Crippen molar-refractivity contribution in [2.75, 3.05) is 6.54 Å². The molecule has 1 N–H and O–H groups in total. The van der Waals surface area contributed by atoms with Gasteiger partial charge in [-0.2, -0.15) is 0 Å². The van der Waals surface area contributed by atoms with Crippen LogP contribution in [-0.4, -0.2) is 11.5 Å². The number of aromatic nitrogens is 1. The monoisotopic (exact) mass is 400 g/mol. The van der Waals surface area contributed by atoms with E-state index in [1.807, 2.05) is 11.3 Å². The minimum absolute atomic E-state index is 0.358. The first-order valence-electron chi connectivity index (χ1n) is 7.02. The highest BCUT2D eigenvalue weighted by Gasteiger charge is 2.14.